The van der Waals surface area contributed by atoms with Gasteiger partial charge >= 0.3 is 0 Å². The van der Waals surface area contributed by atoms with Crippen molar-refractivity contribution >= 4 is 73.9 Å². The quantitative estimate of drug-likeness (QED) is 0.530. The lowest BCUT2D eigenvalue weighted by Gasteiger charge is -2.22. The predicted molar refractivity (Wildman–Crippen MR) is 124 cm³/mol. The number of thiophene rings is 1. The summed E-state index contributed by atoms with van der Waals surface area (Å²) >= 11 is 2.40. The van der Waals surface area contributed by atoms with Crippen LogP contribution in [-0.4, -0.2) is 34.3 Å². The fourth-order valence-corrected chi connectivity index (χ4v) is 5.68. The number of hydrogen-bond donors (Lipinski definition) is 3. The number of thiazole rings is 1. The van der Waals surface area contributed by atoms with Crippen LogP contribution < -0.4 is 26.1 Å². The number of carbonyl (C=O) groups excluding carboxylic acids is 2. The number of hydrogen-bond acceptors (Lipinski definition) is 8. The summed E-state index contributed by atoms with van der Waals surface area (Å²) in [5.41, 5.74) is 5.93. The van der Waals surface area contributed by atoms with Gasteiger partial charge in [-0.1, -0.05) is 46.1 Å². The Kier molecular flexibility index (Phi) is 7.76. The Bertz CT molecular complexity index is 994. The number of anilines is 1. The predicted octanol–water partition coefficient (Wildman–Crippen LogP) is 2.44. The largest absolute Gasteiger partial charge is 0.375 e. The third kappa shape index (κ3) is 6.40. The van der Waals surface area contributed by atoms with Gasteiger partial charge in [-0.2, -0.15) is 0 Å². The van der Waals surface area contributed by atoms with Crippen LogP contribution in [-0.2, 0) is 0 Å². The highest BCUT2D eigenvalue weighted by molar-refractivity contribution is 8.76. The van der Waals surface area contributed by atoms with Gasteiger partial charge in [-0.15, -0.1) is 11.3 Å². The first-order chi connectivity index (χ1) is 13.1. The minimum atomic E-state index is -0.331. The SMILES string of the molecule is C=C(/C=c1/cc(C(=O)NCC(C)(C)SSC)sc1=C)NC(=O)c1cnc(N)s1. The smallest absolute Gasteiger partial charge is 0.267 e. The lowest BCUT2D eigenvalue weighted by molar-refractivity contribution is 0.0951. The maximum Gasteiger partial charge on any atom is 0.267 e. The van der Waals surface area contributed by atoms with Crippen molar-refractivity contribution in [1.82, 2.24) is 15.6 Å². The van der Waals surface area contributed by atoms with E-state index >= 15 is 0 Å². The number of allylic oxidation sites excluding steroid dienone is 1. The van der Waals surface area contributed by atoms with Crippen LogP contribution in [0.15, 0.2) is 24.5 Å². The Hall–Kier alpha value is -1.75. The average molecular weight is 455 g/mol. The van der Waals surface area contributed by atoms with Gasteiger partial charge in [0, 0.05) is 21.5 Å². The summed E-state index contributed by atoms with van der Waals surface area (Å²) in [6.07, 6.45) is 5.12. The Morgan fingerprint density at radius 2 is 2.04 bits per heavy atom. The Morgan fingerprint density at radius 3 is 2.64 bits per heavy atom. The molecule has 4 N–H and O–H groups in total. The van der Waals surface area contributed by atoms with Crippen LogP contribution in [0.25, 0.3) is 12.7 Å². The summed E-state index contributed by atoms with van der Waals surface area (Å²) in [7, 11) is 3.39. The molecule has 0 aliphatic carbocycles. The first kappa shape index (κ1) is 22.5. The molecule has 0 saturated carbocycles. The van der Waals surface area contributed by atoms with Crippen LogP contribution in [0.1, 0.15) is 33.2 Å². The van der Waals surface area contributed by atoms with E-state index in [1.807, 2.05) is 6.26 Å². The van der Waals surface area contributed by atoms with Gasteiger partial charge in [-0.25, -0.2) is 4.98 Å². The maximum atomic E-state index is 12.4. The minimum absolute atomic E-state index is 0.0623. The van der Waals surface area contributed by atoms with E-state index in [0.717, 1.165) is 21.1 Å². The Balaban J connectivity index is 2.06. The van der Waals surface area contributed by atoms with Crippen LogP contribution in [0.4, 0.5) is 5.13 Å². The summed E-state index contributed by atoms with van der Waals surface area (Å²) in [5, 5.41) is 6.70. The van der Waals surface area contributed by atoms with E-state index in [-0.39, 0.29) is 16.6 Å². The fraction of sp³-hybridized carbons (Fsp3) is 0.278. The number of aromatic nitrogens is 1. The van der Waals surface area contributed by atoms with Crippen molar-refractivity contribution in [3.63, 3.8) is 0 Å². The number of carbonyl (C=O) groups is 2. The van der Waals surface area contributed by atoms with Gasteiger partial charge in [0.05, 0.1) is 11.1 Å². The second-order valence-corrected chi connectivity index (χ2v) is 11.7. The van der Waals surface area contributed by atoms with Gasteiger partial charge in [-0.05, 0) is 37.5 Å². The van der Waals surface area contributed by atoms with E-state index in [2.05, 4.69) is 42.6 Å². The molecule has 2 aromatic rings. The first-order valence-corrected chi connectivity index (χ1v) is 12.3. The van der Waals surface area contributed by atoms with Crippen LogP contribution in [0.5, 0.6) is 0 Å². The van der Waals surface area contributed by atoms with Gasteiger partial charge in [-0.3, -0.25) is 9.59 Å². The molecule has 28 heavy (non-hydrogen) atoms. The van der Waals surface area contributed by atoms with Crippen molar-refractivity contribution in [3.8, 4) is 0 Å². The zero-order valence-electron chi connectivity index (χ0n) is 15.8. The van der Waals surface area contributed by atoms with E-state index in [0.29, 0.717) is 27.1 Å². The number of rotatable bonds is 8. The molecule has 0 radical (unpaired) electrons. The number of nitrogens with two attached hydrogens (primary N) is 1. The van der Waals surface area contributed by atoms with E-state index in [1.165, 1.54) is 17.5 Å². The number of nitrogens with one attached hydrogen (secondary N) is 2. The molecule has 2 aromatic heterocycles. The monoisotopic (exact) mass is 454 g/mol. The van der Waals surface area contributed by atoms with Gasteiger partial charge in [0.1, 0.15) is 4.88 Å². The second kappa shape index (κ2) is 9.64. The summed E-state index contributed by atoms with van der Waals surface area (Å²) in [5.74, 6) is -0.470. The van der Waals surface area contributed by atoms with Crippen LogP contribution in [0.2, 0.25) is 0 Å². The van der Waals surface area contributed by atoms with Gasteiger partial charge < -0.3 is 16.4 Å². The molecule has 0 spiro atoms. The number of nitrogens with zero attached hydrogens (tertiary/aromatic N) is 1. The van der Waals surface area contributed by atoms with E-state index < -0.39 is 0 Å². The minimum Gasteiger partial charge on any atom is -0.375 e. The molecule has 2 heterocycles. The summed E-state index contributed by atoms with van der Waals surface area (Å²) in [6.45, 7) is 12.5. The van der Waals surface area contributed by atoms with Gasteiger partial charge in [0.2, 0.25) is 0 Å². The average Bonchev–Trinajstić information content (AvgIpc) is 3.19. The highest BCUT2D eigenvalue weighted by atomic mass is 33.1. The molecule has 2 amide bonds. The number of amides is 2. The van der Waals surface area contributed by atoms with Crippen LogP contribution in [0, 0.1) is 0 Å². The number of nitrogen functional groups attached to an aromatic ring is 1. The first-order valence-electron chi connectivity index (χ1n) is 8.13. The molecule has 0 bridgehead atoms. The molecular formula is C18H22N4O2S4. The molecule has 0 aromatic carbocycles. The lowest BCUT2D eigenvalue weighted by atomic mass is 10.2. The topological polar surface area (TPSA) is 97.1 Å². The lowest BCUT2D eigenvalue weighted by Crippen LogP contribution is -2.35. The van der Waals surface area contributed by atoms with Crippen LogP contribution in [0.3, 0.4) is 0 Å². The zero-order chi connectivity index (χ0) is 20.9. The molecular weight excluding hydrogens is 432 g/mol. The molecule has 0 atom stereocenters. The standard InChI is InChI=1S/C18H22N4O2S4/c1-10(22-16(24)14-8-20-17(19)27-14)6-12-7-13(26-11(12)2)15(23)21-9-18(3,4)28-25-5/h6-8H,1-2,9H2,3-5H3,(H2,19,20)(H,21,23)(H,22,24)/b12-6-. The normalized spacial score (nSPS) is 12.0. The third-order valence-corrected chi connectivity index (χ3v) is 7.85. The van der Waals surface area contributed by atoms with Crippen molar-refractivity contribution < 1.29 is 9.59 Å². The summed E-state index contributed by atoms with van der Waals surface area (Å²) < 4.78 is 0.660. The molecule has 0 fully saturated rings. The molecule has 0 aliphatic heterocycles. The van der Waals surface area contributed by atoms with E-state index in [1.54, 1.807) is 33.7 Å². The highest BCUT2D eigenvalue weighted by Crippen LogP contribution is 2.32. The van der Waals surface area contributed by atoms with Crippen molar-refractivity contribution in [2.24, 2.45) is 0 Å². The molecule has 0 aliphatic rings. The van der Waals surface area contributed by atoms with Gasteiger partial charge in [0.15, 0.2) is 5.13 Å². The Labute approximate surface area is 179 Å². The molecule has 6 nitrogen and oxygen atoms in total. The summed E-state index contributed by atoms with van der Waals surface area (Å²) in [4.78, 5) is 29.4. The third-order valence-electron chi connectivity index (χ3n) is 3.40. The van der Waals surface area contributed by atoms with E-state index in [9.17, 15) is 9.59 Å². The van der Waals surface area contributed by atoms with Crippen molar-refractivity contribution in [2.75, 3.05) is 18.5 Å². The highest BCUT2D eigenvalue weighted by Gasteiger charge is 2.20. The summed E-state index contributed by atoms with van der Waals surface area (Å²) in [6, 6.07) is 1.75. The van der Waals surface area contributed by atoms with E-state index in [4.69, 9.17) is 5.73 Å². The molecule has 2 rings (SSSR count). The maximum absolute atomic E-state index is 12.4. The molecule has 0 unspecified atom stereocenters. The van der Waals surface area contributed by atoms with Crippen molar-refractivity contribution in [2.45, 2.75) is 18.6 Å². The fourth-order valence-electron chi connectivity index (χ4n) is 2.14. The van der Waals surface area contributed by atoms with Crippen molar-refractivity contribution in [3.05, 3.63) is 44.0 Å². The van der Waals surface area contributed by atoms with Crippen molar-refractivity contribution in [1.29, 1.82) is 0 Å². The zero-order valence-corrected chi connectivity index (χ0v) is 19.1. The van der Waals surface area contributed by atoms with Crippen LogP contribution >= 0.6 is 44.3 Å². The molecule has 10 heteroatoms. The molecule has 150 valence electrons. The van der Waals surface area contributed by atoms with Gasteiger partial charge in [0.25, 0.3) is 11.8 Å². The second-order valence-electron chi connectivity index (χ2n) is 6.37. The molecule has 0 saturated heterocycles. The Morgan fingerprint density at radius 1 is 1.32 bits per heavy atom.